The molecule has 0 atom stereocenters. The number of pyridine rings is 2. The third-order valence-corrected chi connectivity index (χ3v) is 5.13. The monoisotopic (exact) mass is 477 g/mol. The normalized spacial score (nSPS) is 12.1. The van der Waals surface area contributed by atoms with Crippen LogP contribution in [0.3, 0.4) is 0 Å². The first-order valence-electron chi connectivity index (χ1n) is 10.2. The molecule has 2 aromatic carbocycles. The number of carbonyl (C=O) groups is 1. The number of hydrogen-bond donors (Lipinski definition) is 2. The van der Waals surface area contributed by atoms with Crippen LogP contribution in [-0.4, -0.2) is 21.7 Å². The molecule has 2 heterocycles. The van der Waals surface area contributed by atoms with Gasteiger partial charge in [0, 0.05) is 29.3 Å². The maximum Gasteiger partial charge on any atom is 0.418 e. The molecule has 0 saturated carbocycles. The highest BCUT2D eigenvalue weighted by Crippen LogP contribution is 2.37. The number of halogens is 3. The molecule has 0 unspecified atom stereocenters. The van der Waals surface area contributed by atoms with Gasteiger partial charge in [-0.15, -0.1) is 0 Å². The number of hydrogen-bond acceptors (Lipinski definition) is 5. The van der Waals surface area contributed by atoms with Gasteiger partial charge in [-0.1, -0.05) is 6.58 Å². The Labute approximate surface area is 196 Å². The number of nitrogens with zero attached hydrogens (tertiary/aromatic N) is 3. The first-order chi connectivity index (χ1) is 16.7. The molecule has 4 aromatic rings. The number of nitrogens with one attached hydrogen (secondary N) is 1. The smallest absolute Gasteiger partial charge is 0.405 e. The van der Waals surface area contributed by atoms with E-state index in [2.05, 4.69) is 21.9 Å². The number of aromatic nitrogens is 2. The summed E-state index contributed by atoms with van der Waals surface area (Å²) in [6, 6.07) is 11.1. The SMILES string of the molecule is C=CC(=O)Nc1cc(-n2c(=O)ccc3cnc4ccc(N=CC=CN)cc4c32)ccc1C(F)(F)F. The van der Waals surface area contributed by atoms with Gasteiger partial charge in [-0.05, 0) is 60.8 Å². The molecule has 0 spiro atoms. The predicted molar refractivity (Wildman–Crippen MR) is 130 cm³/mol. The maximum absolute atomic E-state index is 13.6. The van der Waals surface area contributed by atoms with Crippen molar-refractivity contribution in [2.75, 3.05) is 5.32 Å². The zero-order valence-electron chi connectivity index (χ0n) is 18.1. The van der Waals surface area contributed by atoms with Crippen molar-refractivity contribution in [3.05, 3.63) is 95.6 Å². The van der Waals surface area contributed by atoms with Gasteiger partial charge in [0.05, 0.1) is 33.7 Å². The predicted octanol–water partition coefficient (Wildman–Crippen LogP) is 4.86. The zero-order valence-corrected chi connectivity index (χ0v) is 18.1. The van der Waals surface area contributed by atoms with Crippen LogP contribution >= 0.6 is 0 Å². The van der Waals surface area contributed by atoms with E-state index in [9.17, 15) is 22.8 Å². The Balaban J connectivity index is 2.03. The second-order valence-corrected chi connectivity index (χ2v) is 7.35. The van der Waals surface area contributed by atoms with Crippen LogP contribution in [0.15, 0.2) is 89.4 Å². The molecular formula is C25H18F3N5O2. The molecule has 0 aliphatic carbocycles. The molecule has 35 heavy (non-hydrogen) atoms. The molecule has 0 bridgehead atoms. The van der Waals surface area contributed by atoms with E-state index in [0.717, 1.165) is 18.2 Å². The molecule has 0 aliphatic heterocycles. The first-order valence-corrected chi connectivity index (χ1v) is 10.2. The summed E-state index contributed by atoms with van der Waals surface area (Å²) in [6.45, 7) is 3.28. The van der Waals surface area contributed by atoms with Crippen LogP contribution in [-0.2, 0) is 11.0 Å². The van der Waals surface area contributed by atoms with E-state index in [-0.39, 0.29) is 5.69 Å². The van der Waals surface area contributed by atoms with Gasteiger partial charge in [0.2, 0.25) is 5.91 Å². The zero-order chi connectivity index (χ0) is 25.2. The summed E-state index contributed by atoms with van der Waals surface area (Å²) in [5, 5.41) is 3.32. The average molecular weight is 477 g/mol. The second-order valence-electron chi connectivity index (χ2n) is 7.35. The van der Waals surface area contributed by atoms with Crippen molar-refractivity contribution in [3.8, 4) is 5.69 Å². The van der Waals surface area contributed by atoms with Crippen LogP contribution in [0.1, 0.15) is 5.56 Å². The Bertz CT molecular complexity index is 1590. The number of anilines is 1. The van der Waals surface area contributed by atoms with Gasteiger partial charge in [0.15, 0.2) is 0 Å². The summed E-state index contributed by atoms with van der Waals surface area (Å²) in [5.74, 6) is -0.818. The summed E-state index contributed by atoms with van der Waals surface area (Å²) >= 11 is 0. The molecular weight excluding hydrogens is 459 g/mol. The van der Waals surface area contributed by atoms with Gasteiger partial charge < -0.3 is 11.1 Å². The third-order valence-electron chi connectivity index (χ3n) is 5.13. The van der Waals surface area contributed by atoms with Gasteiger partial charge in [-0.3, -0.25) is 24.1 Å². The second kappa shape index (κ2) is 9.26. The molecule has 0 radical (unpaired) electrons. The maximum atomic E-state index is 13.6. The van der Waals surface area contributed by atoms with Crippen LogP contribution in [0.25, 0.3) is 27.5 Å². The number of allylic oxidation sites excluding steroid dienone is 1. The van der Waals surface area contributed by atoms with Gasteiger partial charge in [0.1, 0.15) is 0 Å². The van der Waals surface area contributed by atoms with Gasteiger partial charge in [-0.2, -0.15) is 13.2 Å². The number of rotatable bonds is 5. The van der Waals surface area contributed by atoms with E-state index < -0.39 is 28.9 Å². The number of nitrogens with two attached hydrogens (primary N) is 1. The van der Waals surface area contributed by atoms with Gasteiger partial charge >= 0.3 is 6.18 Å². The molecule has 0 fully saturated rings. The van der Waals surface area contributed by atoms with E-state index in [1.165, 1.54) is 29.1 Å². The average Bonchev–Trinajstić information content (AvgIpc) is 2.83. The number of carbonyl (C=O) groups excluding carboxylic acids is 1. The van der Waals surface area contributed by atoms with Crippen molar-refractivity contribution in [3.63, 3.8) is 0 Å². The number of alkyl halides is 3. The van der Waals surface area contributed by atoms with E-state index in [0.29, 0.717) is 27.5 Å². The molecule has 4 rings (SSSR count). The van der Waals surface area contributed by atoms with Crippen LogP contribution in [0, 0.1) is 0 Å². The molecule has 2 aromatic heterocycles. The first kappa shape index (κ1) is 23.4. The minimum Gasteiger partial charge on any atom is -0.405 e. The number of amides is 1. The summed E-state index contributed by atoms with van der Waals surface area (Å²) < 4.78 is 42.0. The Kier molecular flexibility index (Phi) is 6.20. The minimum atomic E-state index is -4.73. The minimum absolute atomic E-state index is 0.125. The lowest BCUT2D eigenvalue weighted by Crippen LogP contribution is -2.20. The molecule has 176 valence electrons. The van der Waals surface area contributed by atoms with Crippen molar-refractivity contribution in [2.45, 2.75) is 6.18 Å². The summed E-state index contributed by atoms with van der Waals surface area (Å²) in [4.78, 5) is 33.5. The quantitative estimate of drug-likeness (QED) is 0.244. The number of fused-ring (bicyclic) bond motifs is 3. The largest absolute Gasteiger partial charge is 0.418 e. The Morgan fingerprint density at radius 2 is 1.94 bits per heavy atom. The summed E-state index contributed by atoms with van der Waals surface area (Å²) in [5.41, 5.74) is 4.95. The van der Waals surface area contributed by atoms with Crippen molar-refractivity contribution in [1.82, 2.24) is 9.55 Å². The number of benzene rings is 2. The fraction of sp³-hybridized carbons (Fsp3) is 0.0400. The van der Waals surface area contributed by atoms with Crippen molar-refractivity contribution in [2.24, 2.45) is 10.7 Å². The summed E-state index contributed by atoms with van der Waals surface area (Å²) in [7, 11) is 0. The lowest BCUT2D eigenvalue weighted by Gasteiger charge is -2.17. The van der Waals surface area contributed by atoms with E-state index in [1.807, 2.05) is 0 Å². The van der Waals surface area contributed by atoms with Gasteiger partial charge in [-0.25, -0.2) is 0 Å². The molecule has 3 N–H and O–H groups in total. The molecule has 10 heteroatoms. The van der Waals surface area contributed by atoms with Gasteiger partial charge in [0.25, 0.3) is 5.56 Å². The van der Waals surface area contributed by atoms with Crippen LogP contribution in [0.5, 0.6) is 0 Å². The molecule has 0 aliphatic rings. The van der Waals surface area contributed by atoms with Crippen LogP contribution < -0.4 is 16.6 Å². The van der Waals surface area contributed by atoms with Crippen molar-refractivity contribution >= 4 is 45.3 Å². The molecule has 1 amide bonds. The van der Waals surface area contributed by atoms with Crippen molar-refractivity contribution < 1.29 is 18.0 Å². The van der Waals surface area contributed by atoms with E-state index >= 15 is 0 Å². The highest BCUT2D eigenvalue weighted by Gasteiger charge is 2.34. The van der Waals surface area contributed by atoms with E-state index in [1.54, 1.807) is 36.5 Å². The lowest BCUT2D eigenvalue weighted by molar-refractivity contribution is -0.136. The Morgan fingerprint density at radius 1 is 1.14 bits per heavy atom. The molecule has 0 saturated heterocycles. The standard InChI is InChI=1S/C25H18F3N5O2/c1-2-22(34)32-21-13-17(6-7-19(21)25(26,27)28)33-23(35)9-4-15-14-31-20-8-5-16(30-11-3-10-29)12-18(20)24(15)33/h2-14H,1,29H2,(H,32,34). The highest BCUT2D eigenvalue weighted by atomic mass is 19.4. The third kappa shape index (κ3) is 4.67. The Morgan fingerprint density at radius 3 is 2.66 bits per heavy atom. The van der Waals surface area contributed by atoms with Crippen LogP contribution in [0.4, 0.5) is 24.5 Å². The Hall–Kier alpha value is -4.73. The summed E-state index contributed by atoms with van der Waals surface area (Å²) in [6.07, 6.45) is 2.07. The topological polar surface area (TPSA) is 102 Å². The molecule has 7 nitrogen and oxygen atoms in total. The highest BCUT2D eigenvalue weighted by molar-refractivity contribution is 6.05. The fourth-order valence-electron chi connectivity index (χ4n) is 3.62. The van der Waals surface area contributed by atoms with Crippen molar-refractivity contribution in [1.29, 1.82) is 0 Å². The fourth-order valence-corrected chi connectivity index (χ4v) is 3.62. The number of aliphatic imine (C=N–C) groups is 1. The lowest BCUT2D eigenvalue weighted by atomic mass is 10.1. The van der Waals surface area contributed by atoms with Crippen LogP contribution in [0.2, 0.25) is 0 Å². The van der Waals surface area contributed by atoms with E-state index in [4.69, 9.17) is 5.73 Å².